The number of rotatable bonds is 11. The Balaban J connectivity index is 0.00000392. The molecule has 160 valence electrons. The van der Waals surface area contributed by atoms with Crippen molar-refractivity contribution in [2.24, 2.45) is 10.9 Å². The molecule has 1 saturated carbocycles. The summed E-state index contributed by atoms with van der Waals surface area (Å²) in [5, 5.41) is 6.49. The van der Waals surface area contributed by atoms with Crippen LogP contribution in [0.15, 0.2) is 23.2 Å². The lowest BCUT2D eigenvalue weighted by Gasteiger charge is -2.15. The van der Waals surface area contributed by atoms with Gasteiger partial charge in [0, 0.05) is 32.2 Å². The molecule has 1 aromatic carbocycles. The Morgan fingerprint density at radius 3 is 2.64 bits per heavy atom. The molecule has 1 aromatic rings. The van der Waals surface area contributed by atoms with Crippen LogP contribution in [0.5, 0.6) is 5.75 Å². The molecule has 7 nitrogen and oxygen atoms in total. The second kappa shape index (κ2) is 12.5. The van der Waals surface area contributed by atoms with Crippen LogP contribution in [-0.2, 0) is 16.6 Å². The Morgan fingerprint density at radius 2 is 2.00 bits per heavy atom. The Labute approximate surface area is 186 Å². The van der Waals surface area contributed by atoms with Gasteiger partial charge in [0.05, 0.1) is 12.4 Å². The van der Waals surface area contributed by atoms with E-state index in [1.165, 1.54) is 18.4 Å². The third-order valence-electron chi connectivity index (χ3n) is 4.41. The molecule has 1 aliphatic carbocycles. The molecule has 0 heterocycles. The van der Waals surface area contributed by atoms with E-state index < -0.39 is 10.0 Å². The van der Waals surface area contributed by atoms with Gasteiger partial charge in [-0.3, -0.25) is 4.99 Å². The summed E-state index contributed by atoms with van der Waals surface area (Å²) in [6.45, 7) is 6.14. The predicted molar refractivity (Wildman–Crippen MR) is 125 cm³/mol. The van der Waals surface area contributed by atoms with E-state index in [2.05, 4.69) is 45.5 Å². The lowest BCUT2D eigenvalue weighted by Crippen LogP contribution is -2.38. The van der Waals surface area contributed by atoms with Gasteiger partial charge in [0.2, 0.25) is 10.0 Å². The average molecular weight is 524 g/mol. The van der Waals surface area contributed by atoms with E-state index in [1.807, 2.05) is 0 Å². The van der Waals surface area contributed by atoms with E-state index >= 15 is 0 Å². The van der Waals surface area contributed by atoms with Gasteiger partial charge in [0.1, 0.15) is 5.75 Å². The third-order valence-corrected chi connectivity index (χ3v) is 5.82. The molecule has 1 aliphatic rings. The van der Waals surface area contributed by atoms with Crippen LogP contribution in [0.3, 0.4) is 0 Å². The molecule has 0 aliphatic heterocycles. The molecule has 9 heteroatoms. The number of benzene rings is 1. The first kappa shape index (κ1) is 25.0. The van der Waals surface area contributed by atoms with Crippen LogP contribution < -0.4 is 20.1 Å². The summed E-state index contributed by atoms with van der Waals surface area (Å²) < 4.78 is 31.3. The molecule has 2 rings (SSSR count). The Morgan fingerprint density at radius 1 is 1.25 bits per heavy atom. The van der Waals surface area contributed by atoms with Crippen LogP contribution in [0.25, 0.3) is 0 Å². The zero-order valence-electron chi connectivity index (χ0n) is 17.0. The first-order chi connectivity index (χ1) is 12.9. The van der Waals surface area contributed by atoms with Crippen molar-refractivity contribution < 1.29 is 13.2 Å². The summed E-state index contributed by atoms with van der Waals surface area (Å²) in [7, 11) is -1.41. The largest absolute Gasteiger partial charge is 0.493 e. The number of halogens is 1. The SMILES string of the molecule is CCS(=O)(=O)NCCCNC(=NC)NCc1ccc(C)cc1OCC1CC1.I. The fourth-order valence-corrected chi connectivity index (χ4v) is 3.12. The highest BCUT2D eigenvalue weighted by atomic mass is 127. The van der Waals surface area contributed by atoms with Crippen molar-refractivity contribution in [1.82, 2.24) is 15.4 Å². The molecule has 0 aromatic heterocycles. The smallest absolute Gasteiger partial charge is 0.211 e. The van der Waals surface area contributed by atoms with Crippen molar-refractivity contribution in [2.45, 2.75) is 39.7 Å². The molecule has 28 heavy (non-hydrogen) atoms. The van der Waals surface area contributed by atoms with E-state index in [-0.39, 0.29) is 29.7 Å². The topological polar surface area (TPSA) is 91.8 Å². The standard InChI is InChI=1S/C19H32N4O3S.HI/c1-4-27(24,25)23-11-5-10-21-19(20-3)22-13-17-9-6-15(2)12-18(17)26-14-16-7-8-16;/h6,9,12,16,23H,4-5,7-8,10-11,13-14H2,1-3H3,(H2,20,21,22);1H. The molecule has 0 bridgehead atoms. The predicted octanol–water partition coefficient (Wildman–Crippen LogP) is 2.40. The van der Waals surface area contributed by atoms with Crippen molar-refractivity contribution in [1.29, 1.82) is 0 Å². The maximum Gasteiger partial charge on any atom is 0.211 e. The van der Waals surface area contributed by atoms with E-state index in [0.717, 1.165) is 17.9 Å². The van der Waals surface area contributed by atoms with Gasteiger partial charge in [-0.1, -0.05) is 12.1 Å². The Kier molecular flexibility index (Phi) is 11.1. The van der Waals surface area contributed by atoms with Crippen molar-refractivity contribution in [3.8, 4) is 5.75 Å². The summed E-state index contributed by atoms with van der Waals surface area (Å²) in [5.41, 5.74) is 2.28. The van der Waals surface area contributed by atoms with Gasteiger partial charge in [-0.05, 0) is 50.7 Å². The fraction of sp³-hybridized carbons (Fsp3) is 0.632. The van der Waals surface area contributed by atoms with Gasteiger partial charge in [-0.15, -0.1) is 24.0 Å². The van der Waals surface area contributed by atoms with Crippen molar-refractivity contribution in [3.05, 3.63) is 29.3 Å². The van der Waals surface area contributed by atoms with Crippen LogP contribution >= 0.6 is 24.0 Å². The monoisotopic (exact) mass is 524 g/mol. The maximum absolute atomic E-state index is 11.4. The highest BCUT2D eigenvalue weighted by Gasteiger charge is 2.22. The van der Waals surface area contributed by atoms with E-state index in [9.17, 15) is 8.42 Å². The number of hydrogen-bond donors (Lipinski definition) is 3. The molecular weight excluding hydrogens is 491 g/mol. The second-order valence-corrected chi connectivity index (χ2v) is 8.96. The minimum atomic E-state index is -3.13. The molecule has 0 spiro atoms. The second-order valence-electron chi connectivity index (χ2n) is 6.87. The fourth-order valence-electron chi connectivity index (χ4n) is 2.46. The van der Waals surface area contributed by atoms with E-state index in [0.29, 0.717) is 37.9 Å². The first-order valence-corrected chi connectivity index (χ1v) is 11.2. The summed E-state index contributed by atoms with van der Waals surface area (Å²) in [4.78, 5) is 4.21. The normalized spacial score (nSPS) is 14.3. The van der Waals surface area contributed by atoms with Gasteiger partial charge in [-0.2, -0.15) is 0 Å². The van der Waals surface area contributed by atoms with Gasteiger partial charge >= 0.3 is 0 Å². The summed E-state index contributed by atoms with van der Waals surface area (Å²) >= 11 is 0. The lowest BCUT2D eigenvalue weighted by molar-refractivity contribution is 0.296. The van der Waals surface area contributed by atoms with Crippen molar-refractivity contribution >= 4 is 40.0 Å². The van der Waals surface area contributed by atoms with Crippen molar-refractivity contribution in [3.63, 3.8) is 0 Å². The maximum atomic E-state index is 11.4. The zero-order valence-corrected chi connectivity index (χ0v) is 20.1. The van der Waals surface area contributed by atoms with Gasteiger partial charge in [0.15, 0.2) is 5.96 Å². The Bertz CT molecular complexity index is 737. The van der Waals surface area contributed by atoms with Crippen LogP contribution in [-0.4, -0.2) is 46.9 Å². The van der Waals surface area contributed by atoms with Gasteiger partial charge < -0.3 is 15.4 Å². The van der Waals surface area contributed by atoms with E-state index in [1.54, 1.807) is 14.0 Å². The summed E-state index contributed by atoms with van der Waals surface area (Å²) in [6, 6.07) is 6.24. The first-order valence-electron chi connectivity index (χ1n) is 9.57. The van der Waals surface area contributed by atoms with Crippen molar-refractivity contribution in [2.75, 3.05) is 32.5 Å². The molecule has 0 atom stereocenters. The molecule has 3 N–H and O–H groups in total. The van der Waals surface area contributed by atoms with E-state index in [4.69, 9.17) is 4.74 Å². The minimum absolute atomic E-state index is 0. The highest BCUT2D eigenvalue weighted by molar-refractivity contribution is 14.0. The summed E-state index contributed by atoms with van der Waals surface area (Å²) in [6.07, 6.45) is 3.22. The zero-order chi connectivity index (χ0) is 19.7. The lowest BCUT2D eigenvalue weighted by atomic mass is 10.1. The van der Waals surface area contributed by atoms with Crippen LogP contribution in [0.2, 0.25) is 0 Å². The number of guanidine groups is 1. The number of hydrogen-bond acceptors (Lipinski definition) is 4. The number of nitrogens with one attached hydrogen (secondary N) is 3. The quantitative estimate of drug-likeness (QED) is 0.179. The minimum Gasteiger partial charge on any atom is -0.493 e. The molecule has 0 radical (unpaired) electrons. The molecule has 0 saturated heterocycles. The Hall–Kier alpha value is -1.07. The van der Waals surface area contributed by atoms with Gasteiger partial charge in [-0.25, -0.2) is 13.1 Å². The average Bonchev–Trinajstić information content (AvgIpc) is 3.47. The van der Waals surface area contributed by atoms with Crippen LogP contribution in [0.1, 0.15) is 37.3 Å². The van der Waals surface area contributed by atoms with Crippen LogP contribution in [0.4, 0.5) is 0 Å². The number of aryl methyl sites for hydroxylation is 1. The summed E-state index contributed by atoms with van der Waals surface area (Å²) in [5.74, 6) is 2.43. The number of ether oxygens (including phenoxy) is 1. The molecular formula is C19H33IN4O3S. The molecule has 0 unspecified atom stereocenters. The molecule has 1 fully saturated rings. The number of nitrogens with zero attached hydrogens (tertiary/aromatic N) is 1. The molecule has 0 amide bonds. The van der Waals surface area contributed by atoms with Crippen LogP contribution in [0, 0.1) is 12.8 Å². The highest BCUT2D eigenvalue weighted by Crippen LogP contribution is 2.30. The third kappa shape index (κ3) is 9.42. The van der Waals surface area contributed by atoms with Gasteiger partial charge in [0.25, 0.3) is 0 Å². The number of aliphatic imine (C=N–C) groups is 1. The number of sulfonamides is 1.